The van der Waals surface area contributed by atoms with Gasteiger partial charge < -0.3 is 4.74 Å². The molecule has 0 amide bonds. The molecule has 0 aliphatic heterocycles. The Kier molecular flexibility index (Phi) is 4.73. The molecule has 106 valence electrons. The topological polar surface area (TPSA) is 35.2 Å². The van der Waals surface area contributed by atoms with Crippen LogP contribution in [-0.2, 0) is 12.0 Å². The highest BCUT2D eigenvalue weighted by molar-refractivity contribution is 7.97. The molecule has 3 heteroatoms. The summed E-state index contributed by atoms with van der Waals surface area (Å²) in [7, 11) is 0. The summed E-state index contributed by atoms with van der Waals surface area (Å²) in [5.41, 5.74) is 2.53. The van der Waals surface area contributed by atoms with Crippen LogP contribution in [-0.4, -0.2) is 0 Å². The largest absolute Gasteiger partial charge is 0.488 e. The number of hydrogen-bond acceptors (Lipinski definition) is 3. The molecule has 0 aliphatic carbocycles. The van der Waals surface area contributed by atoms with Gasteiger partial charge in [-0.05, 0) is 40.6 Å². The van der Waals surface area contributed by atoms with Crippen LogP contribution in [0.1, 0.15) is 31.9 Å². The molecule has 0 unspecified atom stereocenters. The molecule has 0 radical (unpaired) electrons. The minimum atomic E-state index is 0.114. The van der Waals surface area contributed by atoms with Gasteiger partial charge in [-0.3, -0.25) is 5.14 Å². The molecule has 0 bridgehead atoms. The van der Waals surface area contributed by atoms with Crippen LogP contribution in [0.3, 0.4) is 0 Å². The van der Waals surface area contributed by atoms with Crippen molar-refractivity contribution in [1.82, 2.24) is 0 Å². The lowest BCUT2D eigenvalue weighted by atomic mass is 9.87. The van der Waals surface area contributed by atoms with Gasteiger partial charge in [-0.25, -0.2) is 0 Å². The van der Waals surface area contributed by atoms with E-state index >= 15 is 0 Å². The number of hydrogen-bond donors (Lipinski definition) is 1. The van der Waals surface area contributed by atoms with E-state index in [1.54, 1.807) is 0 Å². The van der Waals surface area contributed by atoms with Crippen molar-refractivity contribution in [3.63, 3.8) is 0 Å². The van der Waals surface area contributed by atoms with E-state index in [9.17, 15) is 0 Å². The predicted octanol–water partition coefficient (Wildman–Crippen LogP) is 4.53. The minimum absolute atomic E-state index is 0.114. The van der Waals surface area contributed by atoms with E-state index in [1.807, 2.05) is 24.3 Å². The van der Waals surface area contributed by atoms with Crippen LogP contribution in [0.15, 0.2) is 53.4 Å². The van der Waals surface area contributed by atoms with Crippen molar-refractivity contribution < 1.29 is 4.74 Å². The van der Waals surface area contributed by atoms with Gasteiger partial charge >= 0.3 is 0 Å². The van der Waals surface area contributed by atoms with Crippen molar-refractivity contribution in [2.45, 2.75) is 37.7 Å². The average molecular weight is 287 g/mol. The maximum absolute atomic E-state index is 5.88. The summed E-state index contributed by atoms with van der Waals surface area (Å²) in [5.74, 6) is 0.842. The molecule has 0 saturated carbocycles. The number of nitrogens with two attached hydrogens (primary N) is 1. The maximum atomic E-state index is 5.88. The van der Waals surface area contributed by atoms with Crippen LogP contribution in [0, 0.1) is 0 Å². The second kappa shape index (κ2) is 6.33. The third-order valence-corrected chi connectivity index (χ3v) is 3.75. The van der Waals surface area contributed by atoms with Gasteiger partial charge in [-0.1, -0.05) is 57.2 Å². The van der Waals surface area contributed by atoms with E-state index in [-0.39, 0.29) is 5.41 Å². The molecule has 0 heterocycles. The molecule has 20 heavy (non-hydrogen) atoms. The molecule has 2 nitrogen and oxygen atoms in total. The summed E-state index contributed by atoms with van der Waals surface area (Å²) in [4.78, 5) is 0.980. The van der Waals surface area contributed by atoms with Crippen LogP contribution in [0.2, 0.25) is 0 Å². The Morgan fingerprint density at radius 3 is 2.35 bits per heavy atom. The number of rotatable bonds is 4. The van der Waals surface area contributed by atoms with Gasteiger partial charge in [0.05, 0.1) is 4.90 Å². The van der Waals surface area contributed by atoms with Crippen LogP contribution in [0.25, 0.3) is 0 Å². The first-order valence-electron chi connectivity index (χ1n) is 6.68. The zero-order valence-electron chi connectivity index (χ0n) is 12.2. The molecule has 2 aromatic carbocycles. The van der Waals surface area contributed by atoms with Gasteiger partial charge in [-0.2, -0.15) is 0 Å². The molecular formula is C17H21NOS. The molecule has 0 saturated heterocycles. The summed E-state index contributed by atoms with van der Waals surface area (Å²) in [6.07, 6.45) is 0. The Labute approximate surface area is 125 Å². The first-order chi connectivity index (χ1) is 9.50. The molecular weight excluding hydrogens is 266 g/mol. The van der Waals surface area contributed by atoms with E-state index in [0.29, 0.717) is 6.61 Å². The summed E-state index contributed by atoms with van der Waals surface area (Å²) in [6.45, 7) is 7.14. The summed E-state index contributed by atoms with van der Waals surface area (Å²) in [6, 6.07) is 16.4. The molecule has 0 aromatic heterocycles. The van der Waals surface area contributed by atoms with Gasteiger partial charge in [0.1, 0.15) is 12.4 Å². The highest BCUT2D eigenvalue weighted by Gasteiger charge is 2.16. The van der Waals surface area contributed by atoms with Crippen molar-refractivity contribution in [3.05, 3.63) is 59.7 Å². The van der Waals surface area contributed by atoms with Crippen LogP contribution >= 0.6 is 11.9 Å². The van der Waals surface area contributed by atoms with Gasteiger partial charge in [0.25, 0.3) is 0 Å². The highest BCUT2D eigenvalue weighted by Crippen LogP contribution is 2.32. The molecule has 0 aliphatic rings. The summed E-state index contributed by atoms with van der Waals surface area (Å²) < 4.78 is 5.88. The smallest absolute Gasteiger partial charge is 0.134 e. The van der Waals surface area contributed by atoms with Crippen molar-refractivity contribution in [3.8, 4) is 5.75 Å². The zero-order chi connectivity index (χ0) is 14.6. The lowest BCUT2D eigenvalue weighted by Gasteiger charge is -2.21. The normalized spacial score (nSPS) is 11.4. The van der Waals surface area contributed by atoms with Crippen LogP contribution < -0.4 is 9.88 Å². The van der Waals surface area contributed by atoms with E-state index in [2.05, 4.69) is 45.0 Å². The fraction of sp³-hybridized carbons (Fsp3) is 0.294. The quantitative estimate of drug-likeness (QED) is 0.839. The van der Waals surface area contributed by atoms with Gasteiger partial charge in [0.2, 0.25) is 0 Å². The lowest BCUT2D eigenvalue weighted by molar-refractivity contribution is 0.298. The predicted molar refractivity (Wildman–Crippen MR) is 86.0 cm³/mol. The second-order valence-electron chi connectivity index (χ2n) is 5.80. The van der Waals surface area contributed by atoms with Crippen molar-refractivity contribution in [1.29, 1.82) is 0 Å². The van der Waals surface area contributed by atoms with Crippen LogP contribution in [0.4, 0.5) is 0 Å². The van der Waals surface area contributed by atoms with E-state index in [0.717, 1.165) is 16.2 Å². The summed E-state index contributed by atoms with van der Waals surface area (Å²) in [5, 5.41) is 5.77. The Bertz CT molecular complexity index is 561. The Morgan fingerprint density at radius 2 is 1.75 bits per heavy atom. The highest BCUT2D eigenvalue weighted by atomic mass is 32.2. The third-order valence-electron chi connectivity index (χ3n) is 3.17. The lowest BCUT2D eigenvalue weighted by Crippen LogP contribution is -2.11. The van der Waals surface area contributed by atoms with E-state index in [1.165, 1.54) is 17.5 Å². The summed E-state index contributed by atoms with van der Waals surface area (Å²) >= 11 is 1.24. The molecule has 2 aromatic rings. The first kappa shape index (κ1) is 14.9. The minimum Gasteiger partial charge on any atom is -0.488 e. The second-order valence-corrected chi connectivity index (χ2v) is 6.48. The van der Waals surface area contributed by atoms with Crippen molar-refractivity contribution in [2.75, 3.05) is 0 Å². The molecule has 0 spiro atoms. The van der Waals surface area contributed by atoms with Crippen molar-refractivity contribution in [2.24, 2.45) is 5.14 Å². The Morgan fingerprint density at radius 1 is 1.05 bits per heavy atom. The fourth-order valence-corrected chi connectivity index (χ4v) is 2.36. The standard InChI is InChI=1S/C17H21NOS/c1-17(2,3)14-9-10-15(16(11-14)20-18)19-12-13-7-5-4-6-8-13/h4-11H,12,18H2,1-3H3. The molecule has 0 atom stereocenters. The average Bonchev–Trinajstić information content (AvgIpc) is 2.45. The fourth-order valence-electron chi connectivity index (χ4n) is 1.92. The zero-order valence-corrected chi connectivity index (χ0v) is 13.0. The Balaban J connectivity index is 2.16. The van der Waals surface area contributed by atoms with Gasteiger partial charge in [-0.15, -0.1) is 0 Å². The third kappa shape index (κ3) is 3.78. The van der Waals surface area contributed by atoms with E-state index in [4.69, 9.17) is 9.88 Å². The Hall–Kier alpha value is -1.45. The van der Waals surface area contributed by atoms with Gasteiger partial charge in [0, 0.05) is 0 Å². The van der Waals surface area contributed by atoms with Crippen LogP contribution in [0.5, 0.6) is 5.75 Å². The van der Waals surface area contributed by atoms with Gasteiger partial charge in [0.15, 0.2) is 0 Å². The number of benzene rings is 2. The monoisotopic (exact) mass is 287 g/mol. The molecule has 2 N–H and O–H groups in total. The maximum Gasteiger partial charge on any atom is 0.134 e. The number of ether oxygens (including phenoxy) is 1. The van der Waals surface area contributed by atoms with E-state index < -0.39 is 0 Å². The SMILES string of the molecule is CC(C)(C)c1ccc(OCc2ccccc2)c(SN)c1. The molecule has 2 rings (SSSR count). The molecule has 0 fully saturated rings. The first-order valence-corrected chi connectivity index (χ1v) is 7.56. The van der Waals surface area contributed by atoms with Crippen molar-refractivity contribution >= 4 is 11.9 Å².